The van der Waals surface area contributed by atoms with Gasteiger partial charge < -0.3 is 4.98 Å². The Morgan fingerprint density at radius 1 is 1.42 bits per heavy atom. The predicted molar refractivity (Wildman–Crippen MR) is 74.4 cm³/mol. The van der Waals surface area contributed by atoms with E-state index in [-0.39, 0.29) is 0 Å². The number of aromatic nitrogens is 3. The number of aromatic amines is 2. The van der Waals surface area contributed by atoms with Crippen LogP contribution in [-0.2, 0) is 6.42 Å². The van der Waals surface area contributed by atoms with Gasteiger partial charge in [0.15, 0.2) is 0 Å². The normalized spacial score (nSPS) is 11.1. The maximum atomic E-state index is 11.7. The number of nitrogens with zero attached hydrogens (tertiary/aromatic N) is 1. The molecule has 0 aromatic carbocycles. The molecule has 2 N–H and O–H groups in total. The lowest BCUT2D eigenvalue weighted by molar-refractivity contribution is 1.04. The zero-order chi connectivity index (χ0) is 13.8. The van der Waals surface area contributed by atoms with Crippen molar-refractivity contribution >= 4 is 11.6 Å². The fourth-order valence-electron chi connectivity index (χ4n) is 1.65. The molecule has 2 aromatic rings. The number of halogens is 1. The lowest BCUT2D eigenvalue weighted by Crippen LogP contribution is -2.22. The van der Waals surface area contributed by atoms with Crippen LogP contribution in [0.5, 0.6) is 0 Å². The molecule has 2 aromatic heterocycles. The molecule has 0 saturated carbocycles. The zero-order valence-corrected chi connectivity index (χ0v) is 11.0. The second-order valence-electron chi connectivity index (χ2n) is 3.93. The van der Waals surface area contributed by atoms with Gasteiger partial charge in [0.25, 0.3) is 5.56 Å². The van der Waals surface area contributed by atoms with Gasteiger partial charge in [-0.1, -0.05) is 23.8 Å². The summed E-state index contributed by atoms with van der Waals surface area (Å²) in [6, 6.07) is 1.79. The van der Waals surface area contributed by atoms with Gasteiger partial charge in [-0.05, 0) is 25.0 Å². The van der Waals surface area contributed by atoms with E-state index in [9.17, 15) is 9.59 Å². The van der Waals surface area contributed by atoms with E-state index in [1.807, 2.05) is 19.1 Å². The van der Waals surface area contributed by atoms with Crippen LogP contribution in [0.2, 0.25) is 5.15 Å². The molecule has 2 heterocycles. The van der Waals surface area contributed by atoms with E-state index in [1.165, 1.54) is 12.4 Å². The Morgan fingerprint density at radius 2 is 2.21 bits per heavy atom. The summed E-state index contributed by atoms with van der Waals surface area (Å²) in [5, 5.41) is 0.405. The minimum Gasteiger partial charge on any atom is -0.313 e. The molecule has 0 unspecified atom stereocenters. The fourth-order valence-corrected chi connectivity index (χ4v) is 1.83. The van der Waals surface area contributed by atoms with Gasteiger partial charge in [-0.2, -0.15) is 0 Å². The van der Waals surface area contributed by atoms with Gasteiger partial charge in [0.05, 0.1) is 5.56 Å². The first kappa shape index (κ1) is 13.3. The summed E-state index contributed by atoms with van der Waals surface area (Å²) < 4.78 is 0. The third-order valence-corrected chi connectivity index (χ3v) is 2.96. The molecule has 6 heteroatoms. The molecule has 98 valence electrons. The molecule has 5 nitrogen and oxygen atoms in total. The molecule has 0 aliphatic carbocycles. The fraction of sp³-hybridized carbons (Fsp3) is 0.154. The Bertz CT molecular complexity index is 731. The quantitative estimate of drug-likeness (QED) is 0.664. The largest absolute Gasteiger partial charge is 0.325 e. The molecule has 0 bridgehead atoms. The average Bonchev–Trinajstić information content (AvgIpc) is 2.38. The van der Waals surface area contributed by atoms with Crippen LogP contribution in [0.25, 0.3) is 11.1 Å². The number of nitrogens with one attached hydrogen (secondary N) is 2. The highest BCUT2D eigenvalue weighted by Crippen LogP contribution is 2.20. The summed E-state index contributed by atoms with van der Waals surface area (Å²) in [6.07, 6.45) is 7.37. The molecule has 0 aliphatic heterocycles. The maximum Gasteiger partial charge on any atom is 0.325 e. The lowest BCUT2D eigenvalue weighted by atomic mass is 10.1. The van der Waals surface area contributed by atoms with Crippen LogP contribution >= 0.6 is 11.6 Å². The highest BCUT2D eigenvalue weighted by molar-refractivity contribution is 6.30. The van der Waals surface area contributed by atoms with Crippen molar-refractivity contribution in [2.75, 3.05) is 0 Å². The summed E-state index contributed by atoms with van der Waals surface area (Å²) in [6.45, 7) is 1.91. The molecule has 0 aliphatic rings. The molecule has 0 fully saturated rings. The van der Waals surface area contributed by atoms with Crippen molar-refractivity contribution < 1.29 is 0 Å². The third kappa shape index (κ3) is 3.00. The minimum absolute atomic E-state index is 0.352. The van der Waals surface area contributed by atoms with Crippen LogP contribution in [0.1, 0.15) is 12.5 Å². The van der Waals surface area contributed by atoms with Crippen molar-refractivity contribution in [3.63, 3.8) is 0 Å². The Labute approximate surface area is 114 Å². The number of hydrogen-bond acceptors (Lipinski definition) is 3. The highest BCUT2D eigenvalue weighted by Gasteiger charge is 2.07. The van der Waals surface area contributed by atoms with Crippen LogP contribution in [0.3, 0.4) is 0 Å². The summed E-state index contributed by atoms with van der Waals surface area (Å²) in [5.74, 6) is 0. The molecular weight excluding hydrogens is 266 g/mol. The third-order valence-electron chi connectivity index (χ3n) is 2.62. The second-order valence-corrected chi connectivity index (χ2v) is 4.29. The van der Waals surface area contributed by atoms with E-state index in [1.54, 1.807) is 6.07 Å². The van der Waals surface area contributed by atoms with Crippen molar-refractivity contribution in [1.82, 2.24) is 15.0 Å². The number of rotatable bonds is 3. The SMILES string of the molecule is CC=CCc1cc(-c2c[nH]c(=O)[nH]c2=O)cnc1Cl. The van der Waals surface area contributed by atoms with Gasteiger partial charge in [-0.25, -0.2) is 9.78 Å². The van der Waals surface area contributed by atoms with Gasteiger partial charge in [0, 0.05) is 18.0 Å². The van der Waals surface area contributed by atoms with Crippen LogP contribution in [0.4, 0.5) is 0 Å². The molecule has 19 heavy (non-hydrogen) atoms. The van der Waals surface area contributed by atoms with E-state index in [0.717, 1.165) is 5.56 Å². The van der Waals surface area contributed by atoms with E-state index in [0.29, 0.717) is 22.7 Å². The number of pyridine rings is 1. The molecule has 0 saturated heterocycles. The number of hydrogen-bond donors (Lipinski definition) is 2. The Morgan fingerprint density at radius 3 is 2.89 bits per heavy atom. The molecule has 0 radical (unpaired) electrons. The highest BCUT2D eigenvalue weighted by atomic mass is 35.5. The van der Waals surface area contributed by atoms with Gasteiger partial charge in [0.2, 0.25) is 0 Å². The van der Waals surface area contributed by atoms with E-state index in [2.05, 4.69) is 15.0 Å². The first-order valence-electron chi connectivity index (χ1n) is 5.69. The van der Waals surface area contributed by atoms with Gasteiger partial charge in [-0.15, -0.1) is 0 Å². The first-order valence-corrected chi connectivity index (χ1v) is 6.07. The van der Waals surface area contributed by atoms with Gasteiger partial charge in [0.1, 0.15) is 5.15 Å². The van der Waals surface area contributed by atoms with Crippen molar-refractivity contribution in [3.05, 3.63) is 62.2 Å². The molecular formula is C13H12ClN3O2. The van der Waals surface area contributed by atoms with Crippen molar-refractivity contribution in [2.24, 2.45) is 0 Å². The van der Waals surface area contributed by atoms with Crippen LogP contribution < -0.4 is 11.2 Å². The van der Waals surface area contributed by atoms with Crippen LogP contribution in [-0.4, -0.2) is 15.0 Å². The smallest absolute Gasteiger partial charge is 0.313 e. The first-order chi connectivity index (χ1) is 9.11. The van der Waals surface area contributed by atoms with E-state index < -0.39 is 11.2 Å². The predicted octanol–water partition coefficient (Wildman–Crippen LogP) is 1.90. The summed E-state index contributed by atoms with van der Waals surface area (Å²) in [5.41, 5.74) is 0.796. The monoisotopic (exact) mass is 277 g/mol. The zero-order valence-electron chi connectivity index (χ0n) is 10.2. The summed E-state index contributed by atoms with van der Waals surface area (Å²) >= 11 is 6.00. The Balaban J connectivity index is 2.51. The Hall–Kier alpha value is -2.14. The van der Waals surface area contributed by atoms with Gasteiger partial charge >= 0.3 is 5.69 Å². The summed E-state index contributed by atoms with van der Waals surface area (Å²) in [4.78, 5) is 31.3. The standard InChI is InChI=1S/C13H12ClN3O2/c1-2-3-4-8-5-9(6-15-11(8)14)10-7-16-13(19)17-12(10)18/h2-3,5-7H,4H2,1H3,(H2,16,17,18,19). The molecule has 0 spiro atoms. The number of H-pyrrole nitrogens is 2. The van der Waals surface area contributed by atoms with Crippen LogP contribution in [0, 0.1) is 0 Å². The van der Waals surface area contributed by atoms with Gasteiger partial charge in [-0.3, -0.25) is 9.78 Å². The number of allylic oxidation sites excluding steroid dienone is 2. The minimum atomic E-state index is -0.537. The second kappa shape index (κ2) is 5.67. The average molecular weight is 278 g/mol. The molecule has 2 rings (SSSR count). The summed E-state index contributed by atoms with van der Waals surface area (Å²) in [7, 11) is 0. The van der Waals surface area contributed by atoms with E-state index >= 15 is 0 Å². The lowest BCUT2D eigenvalue weighted by Gasteiger charge is -2.04. The van der Waals surface area contributed by atoms with Crippen molar-refractivity contribution in [1.29, 1.82) is 0 Å². The van der Waals surface area contributed by atoms with Crippen molar-refractivity contribution in [2.45, 2.75) is 13.3 Å². The molecule has 0 atom stereocenters. The van der Waals surface area contributed by atoms with E-state index in [4.69, 9.17) is 11.6 Å². The topological polar surface area (TPSA) is 78.6 Å². The maximum absolute atomic E-state index is 11.7. The van der Waals surface area contributed by atoms with Crippen LogP contribution in [0.15, 0.2) is 40.2 Å². The van der Waals surface area contributed by atoms with Crippen molar-refractivity contribution in [3.8, 4) is 11.1 Å². The Kier molecular flexibility index (Phi) is 3.97. The molecule has 0 amide bonds.